The summed E-state index contributed by atoms with van der Waals surface area (Å²) in [4.78, 5) is 2.48. The van der Waals surface area contributed by atoms with Crippen LogP contribution in [0.4, 0.5) is 17.1 Å². The van der Waals surface area contributed by atoms with Crippen molar-refractivity contribution < 1.29 is 0 Å². The summed E-state index contributed by atoms with van der Waals surface area (Å²) in [5.74, 6) is 0. The third kappa shape index (κ3) is 5.04. The van der Waals surface area contributed by atoms with Gasteiger partial charge in [-0.15, -0.1) is 11.3 Å². The monoisotopic (exact) mass is 785 g/mol. The van der Waals surface area contributed by atoms with Crippen LogP contribution in [0, 0.1) is 0 Å². The summed E-state index contributed by atoms with van der Waals surface area (Å²) in [6.45, 7) is 9.58. The maximum Gasteiger partial charge on any atom is 0.0465 e. The number of anilines is 3. The van der Waals surface area contributed by atoms with E-state index in [1.54, 1.807) is 0 Å². The Hall–Kier alpha value is -6.74. The molecule has 0 bridgehead atoms. The lowest BCUT2D eigenvalue weighted by Gasteiger charge is -2.30. The molecule has 0 fully saturated rings. The molecule has 9 aromatic carbocycles. The van der Waals surface area contributed by atoms with E-state index in [0.717, 1.165) is 11.4 Å². The molecule has 2 heteroatoms. The first-order valence-electron chi connectivity index (χ1n) is 21.1. The Morgan fingerprint density at radius 1 is 0.350 bits per heavy atom. The molecule has 0 saturated heterocycles. The largest absolute Gasteiger partial charge is 0.310 e. The highest BCUT2D eigenvalue weighted by Gasteiger charge is 2.39. The molecule has 1 nitrogen and oxygen atoms in total. The van der Waals surface area contributed by atoms with Crippen molar-refractivity contribution in [1.82, 2.24) is 0 Å². The van der Waals surface area contributed by atoms with Gasteiger partial charge < -0.3 is 4.90 Å². The number of thiophene rings is 1. The van der Waals surface area contributed by atoms with Crippen LogP contribution in [0.2, 0.25) is 0 Å². The summed E-state index contributed by atoms with van der Waals surface area (Å²) in [7, 11) is 0. The fraction of sp³-hybridized carbons (Fsp3) is 0.103. The Labute approximate surface area is 355 Å². The Bertz CT molecular complexity index is 3370. The topological polar surface area (TPSA) is 3.24 Å². The third-order valence-electron chi connectivity index (χ3n) is 13.6. The number of benzene rings is 9. The molecular formula is C58H43NS. The van der Waals surface area contributed by atoms with Gasteiger partial charge in [0.1, 0.15) is 0 Å². The van der Waals surface area contributed by atoms with E-state index < -0.39 is 0 Å². The molecular weight excluding hydrogens is 743 g/mol. The maximum absolute atomic E-state index is 2.48. The fourth-order valence-electron chi connectivity index (χ4n) is 10.7. The zero-order valence-corrected chi connectivity index (χ0v) is 35.1. The Balaban J connectivity index is 1.03. The van der Waals surface area contributed by atoms with Gasteiger partial charge in [0.05, 0.1) is 0 Å². The van der Waals surface area contributed by atoms with Crippen LogP contribution in [-0.4, -0.2) is 0 Å². The summed E-state index contributed by atoms with van der Waals surface area (Å²) >= 11 is 1.89. The van der Waals surface area contributed by atoms with Crippen LogP contribution in [0.25, 0.3) is 75.5 Å². The highest BCUT2D eigenvalue weighted by Crippen LogP contribution is 2.56. The number of hydrogen-bond donors (Lipinski definition) is 0. The summed E-state index contributed by atoms with van der Waals surface area (Å²) in [5, 5.41) is 5.29. The van der Waals surface area contributed by atoms with Gasteiger partial charge in [-0.25, -0.2) is 0 Å². The van der Waals surface area contributed by atoms with Gasteiger partial charge in [-0.2, -0.15) is 0 Å². The number of rotatable bonds is 5. The fourth-order valence-corrected chi connectivity index (χ4v) is 12.0. The van der Waals surface area contributed by atoms with Crippen LogP contribution >= 0.6 is 11.3 Å². The molecule has 0 amide bonds. The predicted octanol–water partition coefficient (Wildman–Crippen LogP) is 16.6. The van der Waals surface area contributed by atoms with Gasteiger partial charge in [0.2, 0.25) is 0 Å². The van der Waals surface area contributed by atoms with E-state index in [2.05, 4.69) is 221 Å². The molecule has 10 aromatic rings. The van der Waals surface area contributed by atoms with E-state index in [0.29, 0.717) is 0 Å². The number of nitrogens with zero attached hydrogens (tertiary/aromatic N) is 1. The van der Waals surface area contributed by atoms with E-state index in [4.69, 9.17) is 0 Å². The summed E-state index contributed by atoms with van der Waals surface area (Å²) in [5.41, 5.74) is 19.0. The second-order valence-corrected chi connectivity index (χ2v) is 18.7. The lowest BCUT2D eigenvalue weighted by atomic mass is 9.79. The second kappa shape index (κ2) is 12.9. The van der Waals surface area contributed by atoms with Gasteiger partial charge >= 0.3 is 0 Å². The lowest BCUT2D eigenvalue weighted by molar-refractivity contribution is 0.660. The first kappa shape index (κ1) is 35.2. The normalized spacial score (nSPS) is 14.3. The van der Waals surface area contributed by atoms with E-state index in [9.17, 15) is 0 Å². The van der Waals surface area contributed by atoms with Crippen molar-refractivity contribution >= 4 is 59.3 Å². The maximum atomic E-state index is 2.48. The molecule has 0 unspecified atom stereocenters. The van der Waals surface area contributed by atoms with Gasteiger partial charge in [0.25, 0.3) is 0 Å². The van der Waals surface area contributed by atoms with Crippen molar-refractivity contribution in [2.75, 3.05) is 4.90 Å². The highest BCUT2D eigenvalue weighted by molar-refractivity contribution is 7.26. The molecule has 60 heavy (non-hydrogen) atoms. The van der Waals surface area contributed by atoms with E-state index in [1.807, 2.05) is 11.3 Å². The van der Waals surface area contributed by atoms with Crippen LogP contribution in [0.5, 0.6) is 0 Å². The van der Waals surface area contributed by atoms with Crippen molar-refractivity contribution in [2.24, 2.45) is 0 Å². The van der Waals surface area contributed by atoms with Crippen molar-refractivity contribution in [3.8, 4) is 44.5 Å². The van der Waals surface area contributed by atoms with Gasteiger partial charge in [0, 0.05) is 48.1 Å². The van der Waals surface area contributed by atoms with Crippen molar-refractivity contribution in [2.45, 2.75) is 38.5 Å². The number of hydrogen-bond acceptors (Lipinski definition) is 2. The van der Waals surface area contributed by atoms with E-state index in [1.165, 1.54) is 103 Å². The van der Waals surface area contributed by atoms with Crippen molar-refractivity contribution in [1.29, 1.82) is 0 Å². The van der Waals surface area contributed by atoms with Gasteiger partial charge in [-0.3, -0.25) is 0 Å². The van der Waals surface area contributed by atoms with Gasteiger partial charge in [-0.1, -0.05) is 167 Å². The van der Waals surface area contributed by atoms with Gasteiger partial charge in [-0.05, 0) is 126 Å². The van der Waals surface area contributed by atoms with Crippen LogP contribution in [-0.2, 0) is 10.8 Å². The van der Waals surface area contributed by atoms with Crippen LogP contribution in [0.3, 0.4) is 0 Å². The second-order valence-electron chi connectivity index (χ2n) is 17.7. The smallest absolute Gasteiger partial charge is 0.0465 e. The zero-order valence-electron chi connectivity index (χ0n) is 34.3. The molecule has 0 atom stereocenters. The quantitative estimate of drug-likeness (QED) is 0.168. The molecule has 0 N–H and O–H groups in total. The summed E-state index contributed by atoms with van der Waals surface area (Å²) in [6.07, 6.45) is 0. The minimum Gasteiger partial charge on any atom is -0.310 e. The molecule has 2 aliphatic carbocycles. The minimum absolute atomic E-state index is 0.112. The lowest BCUT2D eigenvalue weighted by Crippen LogP contribution is -2.18. The minimum atomic E-state index is -0.213. The predicted molar refractivity (Wildman–Crippen MR) is 258 cm³/mol. The van der Waals surface area contributed by atoms with Crippen molar-refractivity contribution in [3.63, 3.8) is 0 Å². The molecule has 1 aromatic heterocycles. The molecule has 1 heterocycles. The molecule has 12 rings (SSSR count). The summed E-state index contributed by atoms with van der Waals surface area (Å²) in [6, 6.07) is 70.4. The molecule has 286 valence electrons. The van der Waals surface area contributed by atoms with Crippen LogP contribution in [0.15, 0.2) is 188 Å². The van der Waals surface area contributed by atoms with Crippen LogP contribution in [0.1, 0.15) is 49.9 Å². The van der Waals surface area contributed by atoms with Crippen LogP contribution < -0.4 is 4.90 Å². The first-order valence-corrected chi connectivity index (χ1v) is 21.9. The Kier molecular flexibility index (Phi) is 7.56. The average molecular weight is 786 g/mol. The van der Waals surface area contributed by atoms with E-state index in [-0.39, 0.29) is 10.8 Å². The molecule has 2 aliphatic rings. The Morgan fingerprint density at radius 2 is 0.900 bits per heavy atom. The van der Waals surface area contributed by atoms with Gasteiger partial charge in [0.15, 0.2) is 0 Å². The molecule has 0 radical (unpaired) electrons. The molecule has 0 spiro atoms. The summed E-state index contributed by atoms with van der Waals surface area (Å²) < 4.78 is 2.67. The molecule has 0 saturated carbocycles. The van der Waals surface area contributed by atoms with E-state index >= 15 is 0 Å². The number of fused-ring (bicyclic) bond motifs is 11. The average Bonchev–Trinajstić information content (AvgIpc) is 3.86. The standard InChI is InChI=1S/C58H43NS/c1-57(2)51-23-12-10-18-43(51)44-31-29-39(33-52(44)57)59(38-27-25-37(26-28-38)41-21-14-22-48-46-19-11-13-24-54(46)60-56(41)48)40-30-32-45-50-35-49(36-15-6-5-7-16-36)42-17-8-9-20-47(42)55(50)58(3,4)53(45)34-40/h5-35H,1-4H3. The van der Waals surface area contributed by atoms with Crippen molar-refractivity contribution in [3.05, 3.63) is 210 Å². The zero-order chi connectivity index (χ0) is 40.3. The third-order valence-corrected chi connectivity index (χ3v) is 14.9. The first-order chi connectivity index (χ1) is 29.3. The SMILES string of the molecule is CC1(C)c2ccccc2-c2ccc(N(c3ccc(-c4cccc5c4sc4ccccc45)cc3)c3ccc4c(c3)C(C)(C)c3c-4cc(-c4ccccc4)c4ccccc34)cc21. The Morgan fingerprint density at radius 3 is 1.67 bits per heavy atom. The highest BCUT2D eigenvalue weighted by atomic mass is 32.1. The molecule has 0 aliphatic heterocycles.